The molecule has 0 bridgehead atoms. The van der Waals surface area contributed by atoms with Crippen molar-refractivity contribution in [3.63, 3.8) is 0 Å². The predicted octanol–water partition coefficient (Wildman–Crippen LogP) is 3.74. The van der Waals surface area contributed by atoms with E-state index < -0.39 is 0 Å². The lowest BCUT2D eigenvalue weighted by Crippen LogP contribution is -2.38. The van der Waals surface area contributed by atoms with Crippen molar-refractivity contribution in [1.82, 2.24) is 19.7 Å². The van der Waals surface area contributed by atoms with Gasteiger partial charge in [0.25, 0.3) is 5.91 Å². The normalized spacial score (nSPS) is 21.1. The summed E-state index contributed by atoms with van der Waals surface area (Å²) in [6.45, 7) is 9.65. The number of ether oxygens (including phenoxy) is 1. The van der Waals surface area contributed by atoms with Crippen molar-refractivity contribution < 1.29 is 9.53 Å². The summed E-state index contributed by atoms with van der Waals surface area (Å²) in [4.78, 5) is 22.6. The third kappa shape index (κ3) is 5.04. The molecule has 4 heterocycles. The first kappa shape index (κ1) is 22.5. The molecule has 184 valence electrons. The number of nitrogens with one attached hydrogen (secondary N) is 1. The van der Waals surface area contributed by atoms with Crippen LogP contribution in [0.5, 0.6) is 0 Å². The molecule has 0 spiro atoms. The summed E-state index contributed by atoms with van der Waals surface area (Å²) in [6, 6.07) is 10.00. The van der Waals surface area contributed by atoms with E-state index in [1.54, 1.807) is 6.07 Å². The van der Waals surface area contributed by atoms with E-state index in [9.17, 15) is 4.79 Å². The third-order valence-electron chi connectivity index (χ3n) is 7.45. The zero-order valence-electron chi connectivity index (χ0n) is 20.4. The third-order valence-corrected chi connectivity index (χ3v) is 7.45. The molecular weight excluding hydrogens is 440 g/mol. The van der Waals surface area contributed by atoms with Crippen LogP contribution in [0.25, 0.3) is 10.9 Å². The second-order valence-electron chi connectivity index (χ2n) is 10.3. The largest absolute Gasteiger partial charge is 0.379 e. The van der Waals surface area contributed by atoms with Crippen LogP contribution >= 0.6 is 0 Å². The molecule has 35 heavy (non-hydrogen) atoms. The first-order valence-electron chi connectivity index (χ1n) is 13.0. The molecule has 1 saturated carbocycles. The van der Waals surface area contributed by atoms with Crippen LogP contribution in [-0.2, 0) is 11.3 Å². The zero-order chi connectivity index (χ0) is 23.8. The highest BCUT2D eigenvalue weighted by Crippen LogP contribution is 2.44. The molecule has 2 aliphatic heterocycles. The molecule has 2 aromatic heterocycles. The lowest BCUT2D eigenvalue weighted by Gasteiger charge is -2.26. The minimum atomic E-state index is -0.153. The molecule has 1 aliphatic carbocycles. The Kier molecular flexibility index (Phi) is 6.16. The summed E-state index contributed by atoms with van der Waals surface area (Å²) >= 11 is 0. The van der Waals surface area contributed by atoms with Gasteiger partial charge in [-0.25, -0.2) is 4.98 Å². The van der Waals surface area contributed by atoms with Crippen LogP contribution in [0.2, 0.25) is 0 Å². The van der Waals surface area contributed by atoms with Crippen LogP contribution < -0.4 is 10.2 Å². The molecule has 8 heteroatoms. The Balaban J connectivity index is 1.20. The number of morpholine rings is 1. The second kappa shape index (κ2) is 9.59. The molecule has 3 fully saturated rings. The SMILES string of the molecule is CC1CCN(c2cccc(C(=O)Nc3cc4cn(CCN5CCOCC5)nc4cc3C3CC3)n2)C1. The van der Waals surface area contributed by atoms with Gasteiger partial charge in [0.2, 0.25) is 0 Å². The van der Waals surface area contributed by atoms with Gasteiger partial charge < -0.3 is 15.0 Å². The van der Waals surface area contributed by atoms with Gasteiger partial charge in [-0.15, -0.1) is 0 Å². The Hall–Kier alpha value is -2.97. The lowest BCUT2D eigenvalue weighted by molar-refractivity contribution is 0.0360. The number of nitrogens with zero attached hydrogens (tertiary/aromatic N) is 5. The number of rotatable bonds is 7. The van der Waals surface area contributed by atoms with Gasteiger partial charge in [-0.05, 0) is 60.9 Å². The molecule has 8 nitrogen and oxygen atoms in total. The Morgan fingerprint density at radius 1 is 1.11 bits per heavy atom. The van der Waals surface area contributed by atoms with E-state index in [0.29, 0.717) is 17.5 Å². The van der Waals surface area contributed by atoms with E-state index in [1.165, 1.54) is 12.0 Å². The topological polar surface area (TPSA) is 75.5 Å². The van der Waals surface area contributed by atoms with E-state index in [0.717, 1.165) is 87.7 Å². The van der Waals surface area contributed by atoms with Gasteiger partial charge in [-0.2, -0.15) is 5.10 Å². The molecule has 1 N–H and O–H groups in total. The van der Waals surface area contributed by atoms with Crippen molar-refractivity contribution in [1.29, 1.82) is 0 Å². The predicted molar refractivity (Wildman–Crippen MR) is 137 cm³/mol. The highest BCUT2D eigenvalue weighted by molar-refractivity contribution is 6.04. The Morgan fingerprint density at radius 2 is 1.97 bits per heavy atom. The fourth-order valence-corrected chi connectivity index (χ4v) is 5.22. The van der Waals surface area contributed by atoms with Crippen molar-refractivity contribution in [2.75, 3.05) is 56.2 Å². The Bertz CT molecular complexity index is 1210. The van der Waals surface area contributed by atoms with Gasteiger partial charge in [-0.3, -0.25) is 14.4 Å². The highest BCUT2D eigenvalue weighted by Gasteiger charge is 2.28. The summed E-state index contributed by atoms with van der Waals surface area (Å²) in [5, 5.41) is 9.07. The van der Waals surface area contributed by atoms with Crippen LogP contribution in [0.1, 0.15) is 48.2 Å². The van der Waals surface area contributed by atoms with E-state index >= 15 is 0 Å². The Morgan fingerprint density at radius 3 is 2.74 bits per heavy atom. The summed E-state index contributed by atoms with van der Waals surface area (Å²) < 4.78 is 7.48. The average Bonchev–Trinajstić information content (AvgIpc) is 3.51. The first-order chi connectivity index (χ1) is 17.1. The van der Waals surface area contributed by atoms with Gasteiger partial charge in [0.15, 0.2) is 0 Å². The summed E-state index contributed by atoms with van der Waals surface area (Å²) in [6.07, 6.45) is 5.58. The number of carbonyl (C=O) groups excluding carboxylic acids is 1. The number of hydrogen-bond acceptors (Lipinski definition) is 6. The van der Waals surface area contributed by atoms with Crippen LogP contribution in [0, 0.1) is 5.92 Å². The van der Waals surface area contributed by atoms with Crippen LogP contribution in [0.4, 0.5) is 11.5 Å². The summed E-state index contributed by atoms with van der Waals surface area (Å²) in [7, 11) is 0. The minimum Gasteiger partial charge on any atom is -0.379 e. The van der Waals surface area contributed by atoms with Gasteiger partial charge in [0, 0.05) is 50.0 Å². The first-order valence-corrected chi connectivity index (χ1v) is 13.0. The quantitative estimate of drug-likeness (QED) is 0.562. The number of hydrogen-bond donors (Lipinski definition) is 1. The smallest absolute Gasteiger partial charge is 0.274 e. The van der Waals surface area contributed by atoms with E-state index in [1.807, 2.05) is 16.8 Å². The van der Waals surface area contributed by atoms with Crippen molar-refractivity contribution in [3.8, 4) is 0 Å². The fraction of sp³-hybridized carbons (Fsp3) is 0.519. The van der Waals surface area contributed by atoms with Crippen molar-refractivity contribution >= 4 is 28.3 Å². The number of pyridine rings is 1. The molecule has 2 saturated heterocycles. The van der Waals surface area contributed by atoms with E-state index in [2.05, 4.69) is 40.4 Å². The number of benzene rings is 1. The molecule has 1 aromatic carbocycles. The van der Waals surface area contributed by atoms with Crippen molar-refractivity contribution in [2.24, 2.45) is 5.92 Å². The lowest BCUT2D eigenvalue weighted by atomic mass is 10.1. The summed E-state index contributed by atoms with van der Waals surface area (Å²) in [5.74, 6) is 1.90. The molecular formula is C27H34N6O2. The number of amides is 1. The van der Waals surface area contributed by atoms with E-state index in [4.69, 9.17) is 14.8 Å². The van der Waals surface area contributed by atoms with Crippen LogP contribution in [0.15, 0.2) is 36.5 Å². The molecule has 1 atom stereocenters. The monoisotopic (exact) mass is 474 g/mol. The van der Waals surface area contributed by atoms with Crippen LogP contribution in [0.3, 0.4) is 0 Å². The standard InChI is InChI=1S/C27H34N6O2/c1-19-7-8-32(17-19)26-4-2-3-23(28-26)27(34)29-25-15-21-18-33(10-9-31-11-13-35-14-12-31)30-24(21)16-22(25)20-5-6-20/h2-4,15-16,18-20H,5-14,17H2,1H3,(H,29,34). The number of carbonyl (C=O) groups is 1. The highest BCUT2D eigenvalue weighted by atomic mass is 16.5. The molecule has 3 aromatic rings. The molecule has 1 unspecified atom stereocenters. The van der Waals surface area contributed by atoms with Gasteiger partial charge >= 0.3 is 0 Å². The van der Waals surface area contributed by atoms with Crippen LogP contribution in [-0.4, -0.2) is 71.5 Å². The molecule has 6 rings (SSSR count). The maximum atomic E-state index is 13.2. The van der Waals surface area contributed by atoms with Gasteiger partial charge in [0.05, 0.1) is 25.3 Å². The van der Waals surface area contributed by atoms with E-state index in [-0.39, 0.29) is 5.91 Å². The fourth-order valence-electron chi connectivity index (χ4n) is 5.22. The minimum absolute atomic E-state index is 0.153. The molecule has 3 aliphatic rings. The second-order valence-corrected chi connectivity index (χ2v) is 10.3. The van der Waals surface area contributed by atoms with Crippen molar-refractivity contribution in [2.45, 2.75) is 38.6 Å². The van der Waals surface area contributed by atoms with Crippen molar-refractivity contribution in [3.05, 3.63) is 47.8 Å². The maximum absolute atomic E-state index is 13.2. The maximum Gasteiger partial charge on any atom is 0.274 e. The molecule has 0 radical (unpaired) electrons. The average molecular weight is 475 g/mol. The number of aromatic nitrogens is 3. The number of fused-ring (bicyclic) bond motifs is 1. The summed E-state index contributed by atoms with van der Waals surface area (Å²) in [5.41, 5.74) is 3.54. The number of anilines is 2. The van der Waals surface area contributed by atoms with Gasteiger partial charge in [0.1, 0.15) is 11.5 Å². The molecule has 1 amide bonds. The zero-order valence-corrected chi connectivity index (χ0v) is 20.4. The van der Waals surface area contributed by atoms with Gasteiger partial charge in [-0.1, -0.05) is 13.0 Å². The Labute approximate surface area is 206 Å².